The molecule has 3 unspecified atom stereocenters. The Morgan fingerprint density at radius 3 is 2.71 bits per heavy atom. The van der Waals surface area contributed by atoms with Crippen LogP contribution in [0, 0.1) is 17.3 Å². The number of rotatable bonds is 1. The molecule has 0 aromatic rings. The van der Waals surface area contributed by atoms with Crippen LogP contribution in [-0.4, -0.2) is 11.2 Å². The van der Waals surface area contributed by atoms with Crippen molar-refractivity contribution >= 4 is 0 Å². The van der Waals surface area contributed by atoms with Crippen molar-refractivity contribution in [3.05, 3.63) is 35.5 Å². The molecule has 1 fully saturated rings. The fraction of sp³-hybridized carbons (Fsp3) is 0.700. The largest absolute Gasteiger partial charge is 0.389 e. The first-order valence-electron chi connectivity index (χ1n) is 8.55. The van der Waals surface area contributed by atoms with Gasteiger partial charge in [-0.3, -0.25) is 0 Å². The van der Waals surface area contributed by atoms with E-state index in [1.807, 2.05) is 0 Å². The minimum atomic E-state index is -0.351. The standard InChI is InChI=1S/C20H32O/c1-14(2)17-11-12-20(5)13-19(21)16(4)8-6-7-15(3)9-10-18(17)20/h7,10,14,17,19,21H,4,6,8-9,11-13H2,1-3,5H3. The van der Waals surface area contributed by atoms with Crippen LogP contribution in [0.3, 0.4) is 0 Å². The summed E-state index contributed by atoms with van der Waals surface area (Å²) in [4.78, 5) is 0. The van der Waals surface area contributed by atoms with Crippen LogP contribution in [0.1, 0.15) is 66.2 Å². The molecule has 0 aliphatic heterocycles. The maximum Gasteiger partial charge on any atom is 0.0755 e. The summed E-state index contributed by atoms with van der Waals surface area (Å²) in [5.74, 6) is 1.37. The number of aliphatic hydroxyl groups is 1. The summed E-state index contributed by atoms with van der Waals surface area (Å²) < 4.78 is 0. The second-order valence-electron chi connectivity index (χ2n) is 7.78. The number of aliphatic hydroxyl groups excluding tert-OH is 1. The zero-order valence-corrected chi connectivity index (χ0v) is 14.3. The fourth-order valence-corrected chi connectivity index (χ4v) is 4.13. The van der Waals surface area contributed by atoms with Crippen LogP contribution in [-0.2, 0) is 0 Å². The van der Waals surface area contributed by atoms with Crippen LogP contribution in [0.25, 0.3) is 0 Å². The van der Waals surface area contributed by atoms with Crippen LogP contribution in [0.15, 0.2) is 35.5 Å². The van der Waals surface area contributed by atoms with E-state index in [1.54, 1.807) is 5.57 Å². The molecule has 0 bridgehead atoms. The van der Waals surface area contributed by atoms with Crippen LogP contribution >= 0.6 is 0 Å². The monoisotopic (exact) mass is 288 g/mol. The first-order valence-corrected chi connectivity index (χ1v) is 8.55. The summed E-state index contributed by atoms with van der Waals surface area (Å²) >= 11 is 0. The van der Waals surface area contributed by atoms with Crippen LogP contribution in [0.4, 0.5) is 0 Å². The molecule has 1 saturated carbocycles. The Morgan fingerprint density at radius 2 is 2.05 bits per heavy atom. The average molecular weight is 288 g/mol. The Hall–Kier alpha value is -0.820. The van der Waals surface area contributed by atoms with Gasteiger partial charge in [0.1, 0.15) is 0 Å². The van der Waals surface area contributed by atoms with Gasteiger partial charge in [0.15, 0.2) is 0 Å². The van der Waals surface area contributed by atoms with Gasteiger partial charge >= 0.3 is 0 Å². The molecular weight excluding hydrogens is 256 g/mol. The molecule has 1 N–H and O–H groups in total. The highest BCUT2D eigenvalue weighted by Gasteiger charge is 2.42. The summed E-state index contributed by atoms with van der Waals surface area (Å²) in [6.07, 6.45) is 10.7. The van der Waals surface area contributed by atoms with Gasteiger partial charge in [-0.1, -0.05) is 50.6 Å². The van der Waals surface area contributed by atoms with E-state index in [0.29, 0.717) is 11.8 Å². The van der Waals surface area contributed by atoms with Crippen LogP contribution < -0.4 is 0 Å². The van der Waals surface area contributed by atoms with Crippen molar-refractivity contribution < 1.29 is 5.11 Å². The summed E-state index contributed by atoms with van der Waals surface area (Å²) in [6, 6.07) is 0. The molecule has 2 rings (SSSR count). The predicted octanol–water partition coefficient (Wildman–Crippen LogP) is 5.42. The van der Waals surface area contributed by atoms with E-state index in [2.05, 4.69) is 46.4 Å². The molecule has 0 saturated heterocycles. The molecule has 2 aliphatic rings. The van der Waals surface area contributed by atoms with Crippen molar-refractivity contribution in [1.29, 1.82) is 0 Å². The van der Waals surface area contributed by atoms with Gasteiger partial charge in [0, 0.05) is 0 Å². The summed E-state index contributed by atoms with van der Waals surface area (Å²) in [6.45, 7) is 13.4. The lowest BCUT2D eigenvalue weighted by Crippen LogP contribution is -2.25. The van der Waals surface area contributed by atoms with Crippen molar-refractivity contribution in [3.63, 3.8) is 0 Å². The van der Waals surface area contributed by atoms with Gasteiger partial charge < -0.3 is 5.11 Å². The van der Waals surface area contributed by atoms with Gasteiger partial charge in [-0.15, -0.1) is 0 Å². The molecule has 21 heavy (non-hydrogen) atoms. The minimum Gasteiger partial charge on any atom is -0.389 e. The number of fused-ring (bicyclic) bond motifs is 1. The van der Waals surface area contributed by atoms with Crippen molar-refractivity contribution in [2.24, 2.45) is 17.3 Å². The molecule has 0 radical (unpaired) electrons. The second kappa shape index (κ2) is 6.52. The van der Waals surface area contributed by atoms with Crippen molar-refractivity contribution in [1.82, 2.24) is 0 Å². The molecule has 0 heterocycles. The molecule has 0 amide bonds. The third kappa shape index (κ3) is 3.69. The number of hydrogen-bond acceptors (Lipinski definition) is 1. The highest BCUT2D eigenvalue weighted by atomic mass is 16.3. The topological polar surface area (TPSA) is 20.2 Å². The zero-order chi connectivity index (χ0) is 15.6. The molecular formula is C20H32O. The van der Waals surface area contributed by atoms with Crippen molar-refractivity contribution in [3.8, 4) is 0 Å². The Balaban J connectivity index is 2.35. The van der Waals surface area contributed by atoms with Gasteiger partial charge in [-0.25, -0.2) is 0 Å². The summed E-state index contributed by atoms with van der Waals surface area (Å²) in [5, 5.41) is 10.5. The molecule has 0 spiro atoms. The van der Waals surface area contributed by atoms with E-state index >= 15 is 0 Å². The highest BCUT2D eigenvalue weighted by molar-refractivity contribution is 5.26. The average Bonchev–Trinajstić information content (AvgIpc) is 2.71. The Labute approximate surface area is 130 Å². The Morgan fingerprint density at radius 1 is 1.33 bits per heavy atom. The Kier molecular flexibility index (Phi) is 5.14. The lowest BCUT2D eigenvalue weighted by molar-refractivity contribution is 0.149. The summed E-state index contributed by atoms with van der Waals surface area (Å²) in [5.41, 5.74) is 4.21. The molecule has 118 valence electrons. The van der Waals surface area contributed by atoms with E-state index in [9.17, 15) is 5.11 Å². The van der Waals surface area contributed by atoms with Crippen molar-refractivity contribution in [2.45, 2.75) is 72.3 Å². The molecule has 1 heteroatoms. The number of hydrogen-bond donors (Lipinski definition) is 1. The lowest BCUT2D eigenvalue weighted by Gasteiger charge is -2.32. The van der Waals surface area contributed by atoms with Gasteiger partial charge in [0.25, 0.3) is 0 Å². The molecule has 3 atom stereocenters. The van der Waals surface area contributed by atoms with E-state index in [-0.39, 0.29) is 11.5 Å². The Bertz CT molecular complexity index is 454. The van der Waals surface area contributed by atoms with Gasteiger partial charge in [-0.05, 0) is 68.3 Å². The zero-order valence-electron chi connectivity index (χ0n) is 14.3. The van der Waals surface area contributed by atoms with E-state index < -0.39 is 0 Å². The minimum absolute atomic E-state index is 0.155. The third-order valence-electron chi connectivity index (χ3n) is 5.63. The second-order valence-corrected chi connectivity index (χ2v) is 7.78. The quantitative estimate of drug-likeness (QED) is 0.638. The highest BCUT2D eigenvalue weighted by Crippen LogP contribution is 2.52. The summed E-state index contributed by atoms with van der Waals surface area (Å²) in [7, 11) is 0. The number of allylic oxidation sites excluding steroid dienone is 4. The predicted molar refractivity (Wildman–Crippen MR) is 91.1 cm³/mol. The van der Waals surface area contributed by atoms with Crippen molar-refractivity contribution in [2.75, 3.05) is 0 Å². The third-order valence-corrected chi connectivity index (χ3v) is 5.63. The van der Waals surface area contributed by atoms with E-state index in [0.717, 1.165) is 31.3 Å². The molecule has 1 nitrogen and oxygen atoms in total. The molecule has 0 aromatic carbocycles. The molecule has 2 aliphatic carbocycles. The maximum atomic E-state index is 10.5. The van der Waals surface area contributed by atoms with E-state index in [4.69, 9.17) is 0 Å². The first-order chi connectivity index (χ1) is 9.83. The van der Waals surface area contributed by atoms with Gasteiger partial charge in [0.2, 0.25) is 0 Å². The fourth-order valence-electron chi connectivity index (χ4n) is 4.13. The normalized spacial score (nSPS) is 35.0. The van der Waals surface area contributed by atoms with Gasteiger partial charge in [0.05, 0.1) is 6.10 Å². The van der Waals surface area contributed by atoms with Gasteiger partial charge in [-0.2, -0.15) is 0 Å². The van der Waals surface area contributed by atoms with E-state index in [1.165, 1.54) is 18.4 Å². The smallest absolute Gasteiger partial charge is 0.0755 e. The first kappa shape index (κ1) is 16.5. The molecule has 0 aromatic heterocycles. The SMILES string of the molecule is C=C1CCC=C(C)CC=C2C(C(C)C)CCC2(C)CC1O. The van der Waals surface area contributed by atoms with Crippen LogP contribution in [0.2, 0.25) is 0 Å². The van der Waals surface area contributed by atoms with Crippen LogP contribution in [0.5, 0.6) is 0 Å². The maximum absolute atomic E-state index is 10.5. The lowest BCUT2D eigenvalue weighted by atomic mass is 9.74.